The summed E-state index contributed by atoms with van der Waals surface area (Å²) in [4.78, 5) is 13.1. The van der Waals surface area contributed by atoms with Crippen LogP contribution >= 0.6 is 0 Å². The minimum Gasteiger partial charge on any atom is -0.289 e. The summed E-state index contributed by atoms with van der Waals surface area (Å²) in [5.41, 5.74) is 1.86. The van der Waals surface area contributed by atoms with Gasteiger partial charge >= 0.3 is 0 Å². The van der Waals surface area contributed by atoms with E-state index in [2.05, 4.69) is 72.8 Å². The highest BCUT2D eigenvalue weighted by atomic mass is 16.1. The fourth-order valence-electron chi connectivity index (χ4n) is 4.03. The average Bonchev–Trinajstić information content (AvgIpc) is 2.45. The fourth-order valence-corrected chi connectivity index (χ4v) is 4.03. The van der Waals surface area contributed by atoms with Crippen molar-refractivity contribution in [1.29, 1.82) is 0 Å². The molecule has 1 unspecified atom stereocenters. The maximum atomic E-state index is 13.1. The second-order valence-electron chi connectivity index (χ2n) is 9.92. The molecule has 0 heterocycles. The number of hydrogen-bond acceptors (Lipinski definition) is 1. The Morgan fingerprint density at radius 1 is 1.04 bits per heavy atom. The summed E-state index contributed by atoms with van der Waals surface area (Å²) in [5.74, 6) is 0.905. The predicted octanol–water partition coefficient (Wildman–Crippen LogP) is 6.66. The van der Waals surface area contributed by atoms with Gasteiger partial charge in [0, 0.05) is 16.6 Å². The van der Waals surface area contributed by atoms with Gasteiger partial charge in [0.1, 0.15) is 0 Å². The van der Waals surface area contributed by atoms with Gasteiger partial charge in [0.15, 0.2) is 5.78 Å². The van der Waals surface area contributed by atoms with Crippen molar-refractivity contribution >= 4 is 5.78 Å². The van der Waals surface area contributed by atoms with Gasteiger partial charge in [-0.2, -0.15) is 0 Å². The van der Waals surface area contributed by atoms with Crippen LogP contribution < -0.4 is 0 Å². The molecule has 134 valence electrons. The Morgan fingerprint density at radius 2 is 1.58 bits per heavy atom. The Labute approximate surface area is 149 Å². The van der Waals surface area contributed by atoms with Gasteiger partial charge in [-0.25, -0.2) is 0 Å². The monoisotopic (exact) mass is 328 g/mol. The number of allylic oxidation sites excluding steroid dienone is 6. The number of carbonyl (C=O) groups is 1. The van der Waals surface area contributed by atoms with E-state index in [-0.39, 0.29) is 22.0 Å². The van der Waals surface area contributed by atoms with Crippen molar-refractivity contribution in [3.05, 3.63) is 35.5 Å². The average molecular weight is 329 g/mol. The zero-order valence-corrected chi connectivity index (χ0v) is 16.8. The summed E-state index contributed by atoms with van der Waals surface area (Å²) in [7, 11) is 0. The molecule has 0 aromatic rings. The summed E-state index contributed by atoms with van der Waals surface area (Å²) < 4.78 is 0. The van der Waals surface area contributed by atoms with Gasteiger partial charge in [-0.3, -0.25) is 4.79 Å². The molecule has 0 radical (unpaired) electrons. The highest BCUT2D eigenvalue weighted by Crippen LogP contribution is 2.49. The molecule has 0 N–H and O–H groups in total. The number of unbranched alkanes of at least 4 members (excludes halogenated alkanes) is 1. The zero-order valence-electron chi connectivity index (χ0n) is 16.8. The molecule has 0 fully saturated rings. The minimum atomic E-state index is -0.102. The third-order valence-electron chi connectivity index (χ3n) is 5.45. The minimum absolute atomic E-state index is 0.0340. The first-order valence-corrected chi connectivity index (χ1v) is 9.66. The summed E-state index contributed by atoms with van der Waals surface area (Å²) in [6.45, 7) is 15.3. The molecule has 1 nitrogen and oxygen atoms in total. The molecular formula is C23H36O. The van der Waals surface area contributed by atoms with Crippen LogP contribution in [-0.4, -0.2) is 5.78 Å². The molecule has 1 spiro atoms. The Kier molecular flexibility index (Phi) is 5.33. The maximum Gasteiger partial charge on any atom is 0.185 e. The van der Waals surface area contributed by atoms with Gasteiger partial charge in [0.05, 0.1) is 0 Å². The van der Waals surface area contributed by atoms with Crippen molar-refractivity contribution in [3.63, 3.8) is 0 Å². The van der Waals surface area contributed by atoms with E-state index in [1.165, 1.54) is 19.3 Å². The Bertz CT molecular complexity index is 538. The first-order valence-electron chi connectivity index (χ1n) is 9.66. The van der Waals surface area contributed by atoms with E-state index in [1.807, 2.05) is 0 Å². The van der Waals surface area contributed by atoms with E-state index in [0.717, 1.165) is 24.0 Å². The van der Waals surface area contributed by atoms with Gasteiger partial charge in [-0.15, -0.1) is 0 Å². The zero-order chi connectivity index (χ0) is 18.2. The Balaban J connectivity index is 2.46. The maximum absolute atomic E-state index is 13.1. The number of rotatable bonds is 3. The van der Waals surface area contributed by atoms with Gasteiger partial charge in [0.2, 0.25) is 0 Å². The first kappa shape index (κ1) is 19.2. The lowest BCUT2D eigenvalue weighted by Crippen LogP contribution is -2.35. The highest BCUT2D eigenvalue weighted by molar-refractivity contribution is 6.11. The number of Topliss-reactive ketones (excluding diaryl/α,β-unsaturated/α-hetero) is 1. The van der Waals surface area contributed by atoms with Crippen molar-refractivity contribution in [3.8, 4) is 0 Å². The number of hydrogen-bond donors (Lipinski definition) is 0. The summed E-state index contributed by atoms with van der Waals surface area (Å²) in [5, 5.41) is 0. The summed E-state index contributed by atoms with van der Waals surface area (Å²) in [6.07, 6.45) is 15.4. The van der Waals surface area contributed by atoms with Crippen LogP contribution in [0, 0.1) is 22.2 Å². The molecule has 0 amide bonds. The van der Waals surface area contributed by atoms with E-state index < -0.39 is 0 Å². The largest absolute Gasteiger partial charge is 0.289 e. The predicted molar refractivity (Wildman–Crippen MR) is 104 cm³/mol. The van der Waals surface area contributed by atoms with E-state index in [1.54, 1.807) is 0 Å². The fraction of sp³-hybridized carbons (Fsp3) is 0.696. The van der Waals surface area contributed by atoms with E-state index in [4.69, 9.17) is 0 Å². The quantitative estimate of drug-likeness (QED) is 0.530. The van der Waals surface area contributed by atoms with Crippen LogP contribution in [0.1, 0.15) is 80.6 Å². The molecular weight excluding hydrogens is 292 g/mol. The molecule has 2 aliphatic rings. The van der Waals surface area contributed by atoms with Gasteiger partial charge in [-0.05, 0) is 36.0 Å². The lowest BCUT2D eigenvalue weighted by atomic mass is 9.62. The van der Waals surface area contributed by atoms with Crippen molar-refractivity contribution in [2.45, 2.75) is 80.6 Å². The van der Waals surface area contributed by atoms with Crippen molar-refractivity contribution in [2.75, 3.05) is 0 Å². The third kappa shape index (κ3) is 4.10. The van der Waals surface area contributed by atoms with Crippen LogP contribution in [0.15, 0.2) is 35.5 Å². The van der Waals surface area contributed by atoms with Crippen LogP contribution in [0.3, 0.4) is 0 Å². The molecule has 0 aromatic carbocycles. The van der Waals surface area contributed by atoms with Crippen LogP contribution in [0.4, 0.5) is 0 Å². The topological polar surface area (TPSA) is 17.1 Å². The lowest BCUT2D eigenvalue weighted by Gasteiger charge is -2.41. The molecule has 0 bridgehead atoms. The number of ketones is 1. The normalized spacial score (nSPS) is 24.1. The van der Waals surface area contributed by atoms with Crippen molar-refractivity contribution in [1.82, 2.24) is 0 Å². The molecule has 24 heavy (non-hydrogen) atoms. The van der Waals surface area contributed by atoms with Gasteiger partial charge in [0.25, 0.3) is 0 Å². The lowest BCUT2D eigenvalue weighted by molar-refractivity contribution is -0.114. The molecule has 0 saturated heterocycles. The summed E-state index contributed by atoms with van der Waals surface area (Å²) in [6, 6.07) is 0. The second kappa shape index (κ2) is 6.65. The Hall–Kier alpha value is -1.11. The van der Waals surface area contributed by atoms with E-state index >= 15 is 0 Å². The van der Waals surface area contributed by atoms with E-state index in [0.29, 0.717) is 5.92 Å². The van der Waals surface area contributed by atoms with Crippen LogP contribution in [-0.2, 0) is 4.79 Å². The SMILES string of the molecule is CCCCC1C=CCC2(C=C(C(C)(C)C)C(=O)C(C(C)(C)C)=C2)C1. The van der Waals surface area contributed by atoms with Crippen LogP contribution in [0.5, 0.6) is 0 Å². The molecule has 0 saturated carbocycles. The van der Waals surface area contributed by atoms with Crippen molar-refractivity contribution in [2.24, 2.45) is 22.2 Å². The molecule has 0 aliphatic heterocycles. The molecule has 1 atom stereocenters. The van der Waals surface area contributed by atoms with Crippen LogP contribution in [0.25, 0.3) is 0 Å². The molecule has 0 aromatic heterocycles. The second-order valence-corrected chi connectivity index (χ2v) is 9.92. The van der Waals surface area contributed by atoms with Crippen LogP contribution in [0.2, 0.25) is 0 Å². The Morgan fingerprint density at radius 3 is 2.04 bits per heavy atom. The molecule has 2 rings (SSSR count). The highest BCUT2D eigenvalue weighted by Gasteiger charge is 2.41. The first-order chi connectivity index (χ1) is 11.0. The van der Waals surface area contributed by atoms with Gasteiger partial charge < -0.3 is 0 Å². The van der Waals surface area contributed by atoms with Crippen molar-refractivity contribution < 1.29 is 4.79 Å². The molecule has 2 aliphatic carbocycles. The van der Waals surface area contributed by atoms with Gasteiger partial charge in [-0.1, -0.05) is 85.6 Å². The molecule has 1 heteroatoms. The standard InChI is InChI=1S/C23H36O/c1-8-9-11-17-12-10-13-23(14-17)15-18(21(2,3)4)20(24)19(16-23)22(5,6)7/h10,12,15-17H,8-9,11,13-14H2,1-7H3. The number of carbonyl (C=O) groups excluding carboxylic acids is 1. The van der Waals surface area contributed by atoms with E-state index in [9.17, 15) is 4.79 Å². The third-order valence-corrected chi connectivity index (χ3v) is 5.45. The smallest absolute Gasteiger partial charge is 0.185 e. The summed E-state index contributed by atoms with van der Waals surface area (Å²) >= 11 is 0.